The van der Waals surface area contributed by atoms with Gasteiger partial charge in [-0.25, -0.2) is 12.7 Å². The van der Waals surface area contributed by atoms with Crippen LogP contribution in [-0.4, -0.2) is 63.8 Å². The van der Waals surface area contributed by atoms with Crippen molar-refractivity contribution in [2.45, 2.75) is 43.0 Å². The Morgan fingerprint density at radius 3 is 2.67 bits per heavy atom. The van der Waals surface area contributed by atoms with E-state index in [4.69, 9.17) is 9.47 Å². The summed E-state index contributed by atoms with van der Waals surface area (Å²) in [7, 11) is -0.298. The fraction of sp³-hybridized carbons (Fsp3) is 0.647. The number of hydrogen-bond acceptors (Lipinski definition) is 5. The van der Waals surface area contributed by atoms with Crippen molar-refractivity contribution in [3.8, 4) is 0 Å². The number of sulfonamides is 1. The highest BCUT2D eigenvalue weighted by atomic mass is 32.2. The van der Waals surface area contributed by atoms with Crippen LogP contribution in [0.4, 0.5) is 0 Å². The van der Waals surface area contributed by atoms with E-state index in [0.29, 0.717) is 24.7 Å². The monoisotopic (exact) mass is 354 g/mol. The molecule has 6 nitrogen and oxygen atoms in total. The molecule has 2 aliphatic rings. The highest BCUT2D eigenvalue weighted by Gasteiger charge is 2.33. The average Bonchev–Trinajstić information content (AvgIpc) is 3.10. The molecule has 2 fully saturated rings. The largest absolute Gasteiger partial charge is 0.349 e. The van der Waals surface area contributed by atoms with E-state index in [1.807, 2.05) is 12.1 Å². The molecule has 134 valence electrons. The third kappa shape index (κ3) is 3.81. The average molecular weight is 354 g/mol. The minimum atomic E-state index is -3.40. The molecule has 2 heterocycles. The van der Waals surface area contributed by atoms with Gasteiger partial charge in [0.05, 0.1) is 24.2 Å². The van der Waals surface area contributed by atoms with E-state index in [0.717, 1.165) is 24.9 Å². The zero-order valence-electron chi connectivity index (χ0n) is 14.3. The lowest BCUT2D eigenvalue weighted by Crippen LogP contribution is -2.46. The van der Waals surface area contributed by atoms with Crippen LogP contribution in [0.1, 0.15) is 24.8 Å². The van der Waals surface area contributed by atoms with Crippen LogP contribution in [0.5, 0.6) is 0 Å². The van der Waals surface area contributed by atoms with Gasteiger partial charge in [-0.1, -0.05) is 18.6 Å². The molecular weight excluding hydrogens is 328 g/mol. The predicted octanol–water partition coefficient (Wildman–Crippen LogP) is 1.66. The molecule has 0 aromatic heterocycles. The van der Waals surface area contributed by atoms with Crippen molar-refractivity contribution in [1.29, 1.82) is 0 Å². The van der Waals surface area contributed by atoms with Gasteiger partial charge in [-0.05, 0) is 37.1 Å². The quantitative estimate of drug-likeness (QED) is 0.805. The Labute approximate surface area is 144 Å². The van der Waals surface area contributed by atoms with Gasteiger partial charge >= 0.3 is 0 Å². The van der Waals surface area contributed by atoms with E-state index in [1.54, 1.807) is 26.2 Å². The Morgan fingerprint density at radius 2 is 1.96 bits per heavy atom. The predicted molar refractivity (Wildman–Crippen MR) is 91.1 cm³/mol. The molecule has 0 spiro atoms. The van der Waals surface area contributed by atoms with Gasteiger partial charge in [-0.2, -0.15) is 0 Å². The number of likely N-dealkylation sites (tertiary alicyclic amines) is 1. The summed E-state index contributed by atoms with van der Waals surface area (Å²) in [6.45, 7) is 3.01. The van der Waals surface area contributed by atoms with Crippen molar-refractivity contribution in [2.24, 2.45) is 0 Å². The first-order chi connectivity index (χ1) is 11.5. The number of rotatable bonds is 5. The second kappa shape index (κ2) is 7.49. The Bertz CT molecular complexity index is 656. The zero-order valence-corrected chi connectivity index (χ0v) is 15.2. The Balaban J connectivity index is 1.77. The van der Waals surface area contributed by atoms with Crippen LogP contribution in [-0.2, 0) is 26.0 Å². The van der Waals surface area contributed by atoms with Crippen molar-refractivity contribution >= 4 is 10.0 Å². The fourth-order valence-corrected chi connectivity index (χ4v) is 4.34. The summed E-state index contributed by atoms with van der Waals surface area (Å²) in [5, 5.41) is 0. The maximum atomic E-state index is 12.3. The summed E-state index contributed by atoms with van der Waals surface area (Å²) in [6, 6.07) is 7.46. The van der Waals surface area contributed by atoms with Gasteiger partial charge in [-0.15, -0.1) is 0 Å². The van der Waals surface area contributed by atoms with Crippen LogP contribution in [0, 0.1) is 0 Å². The van der Waals surface area contributed by atoms with Crippen LogP contribution in [0.3, 0.4) is 0 Å². The van der Waals surface area contributed by atoms with Gasteiger partial charge in [0.25, 0.3) is 0 Å². The Kier molecular flexibility index (Phi) is 5.56. The molecule has 0 aliphatic carbocycles. The van der Waals surface area contributed by atoms with Gasteiger partial charge in [0.15, 0.2) is 6.29 Å². The van der Waals surface area contributed by atoms with Crippen molar-refractivity contribution in [2.75, 3.05) is 33.9 Å². The first kappa shape index (κ1) is 17.8. The van der Waals surface area contributed by atoms with Crippen molar-refractivity contribution in [1.82, 2.24) is 9.21 Å². The molecule has 1 aromatic carbocycles. The summed E-state index contributed by atoms with van der Waals surface area (Å²) in [5.41, 5.74) is 1.00. The number of piperidine rings is 1. The van der Waals surface area contributed by atoms with Crippen molar-refractivity contribution in [3.63, 3.8) is 0 Å². The maximum absolute atomic E-state index is 12.3. The van der Waals surface area contributed by atoms with E-state index in [-0.39, 0.29) is 12.3 Å². The number of nitrogens with zero attached hydrogens (tertiary/aromatic N) is 2. The Hall–Kier alpha value is -0.990. The van der Waals surface area contributed by atoms with Crippen LogP contribution in [0.15, 0.2) is 29.2 Å². The van der Waals surface area contributed by atoms with E-state index in [1.165, 1.54) is 10.7 Å². The van der Waals surface area contributed by atoms with Gasteiger partial charge in [0, 0.05) is 20.6 Å². The third-order valence-electron chi connectivity index (χ3n) is 4.69. The number of hydrogen-bond donors (Lipinski definition) is 0. The Morgan fingerprint density at radius 1 is 1.21 bits per heavy atom. The molecule has 1 unspecified atom stereocenters. The first-order valence-corrected chi connectivity index (χ1v) is 9.91. The minimum Gasteiger partial charge on any atom is -0.349 e. The summed E-state index contributed by atoms with van der Waals surface area (Å²) in [4.78, 5) is 2.70. The smallest absolute Gasteiger partial charge is 0.242 e. The van der Waals surface area contributed by atoms with Crippen LogP contribution < -0.4 is 0 Å². The standard InChI is InChI=1S/C17H26N2O4S/c1-18(2)24(20,21)15-7-5-6-14(12-15)13-19-9-4-3-8-16(19)17-22-10-11-23-17/h5-7,12,16-17H,3-4,8-11,13H2,1-2H3. The van der Waals surface area contributed by atoms with E-state index < -0.39 is 10.0 Å². The van der Waals surface area contributed by atoms with Gasteiger partial charge in [0.1, 0.15) is 0 Å². The summed E-state index contributed by atoms with van der Waals surface area (Å²) < 4.78 is 37.3. The summed E-state index contributed by atoms with van der Waals surface area (Å²) in [6.07, 6.45) is 3.23. The molecule has 7 heteroatoms. The second-order valence-corrected chi connectivity index (χ2v) is 8.73. The maximum Gasteiger partial charge on any atom is 0.242 e. The summed E-state index contributed by atoms with van der Waals surface area (Å²) >= 11 is 0. The molecule has 1 atom stereocenters. The molecule has 24 heavy (non-hydrogen) atoms. The molecule has 2 aliphatic heterocycles. The molecule has 0 N–H and O–H groups in total. The lowest BCUT2D eigenvalue weighted by molar-refractivity contribution is -0.111. The normalized spacial score (nSPS) is 23.9. The molecule has 2 saturated heterocycles. The SMILES string of the molecule is CN(C)S(=O)(=O)c1cccc(CN2CCCCC2C2OCCO2)c1. The molecular formula is C17H26N2O4S. The highest BCUT2D eigenvalue weighted by Crippen LogP contribution is 2.26. The van der Waals surface area contributed by atoms with E-state index >= 15 is 0 Å². The van der Waals surface area contributed by atoms with Crippen molar-refractivity contribution < 1.29 is 17.9 Å². The van der Waals surface area contributed by atoms with Gasteiger partial charge in [-0.3, -0.25) is 4.90 Å². The molecule has 1 aromatic rings. The molecule has 0 saturated carbocycles. The third-order valence-corrected chi connectivity index (χ3v) is 6.50. The van der Waals surface area contributed by atoms with Crippen LogP contribution in [0.2, 0.25) is 0 Å². The zero-order chi connectivity index (χ0) is 17.2. The number of ether oxygens (including phenoxy) is 2. The second-order valence-electron chi connectivity index (χ2n) is 6.58. The molecule has 0 radical (unpaired) electrons. The molecule has 0 bridgehead atoms. The van der Waals surface area contributed by atoms with E-state index in [9.17, 15) is 8.42 Å². The topological polar surface area (TPSA) is 59.1 Å². The van der Waals surface area contributed by atoms with Crippen LogP contribution in [0.25, 0.3) is 0 Å². The lowest BCUT2D eigenvalue weighted by atomic mass is 10.0. The fourth-order valence-electron chi connectivity index (χ4n) is 3.37. The highest BCUT2D eigenvalue weighted by molar-refractivity contribution is 7.89. The minimum absolute atomic E-state index is 0.154. The van der Waals surface area contributed by atoms with Gasteiger partial charge < -0.3 is 9.47 Å². The van der Waals surface area contributed by atoms with Crippen LogP contribution >= 0.6 is 0 Å². The van der Waals surface area contributed by atoms with Gasteiger partial charge in [0.2, 0.25) is 10.0 Å². The first-order valence-electron chi connectivity index (χ1n) is 8.47. The van der Waals surface area contributed by atoms with Crippen molar-refractivity contribution in [3.05, 3.63) is 29.8 Å². The molecule has 0 amide bonds. The van der Waals surface area contributed by atoms with E-state index in [2.05, 4.69) is 4.90 Å². The molecule has 3 rings (SSSR count). The lowest BCUT2D eigenvalue weighted by Gasteiger charge is -2.38. The summed E-state index contributed by atoms with van der Waals surface area (Å²) in [5.74, 6) is 0. The number of benzene rings is 1.